The van der Waals surface area contributed by atoms with Crippen LogP contribution in [0.5, 0.6) is 0 Å². The molecular formula is C7H10N4O. The Morgan fingerprint density at radius 3 is 3.00 bits per heavy atom. The molecule has 0 fully saturated rings. The molecule has 1 aliphatic rings. The minimum Gasteiger partial charge on any atom is -0.368 e. The molecular weight excluding hydrogens is 156 g/mol. The van der Waals surface area contributed by atoms with Gasteiger partial charge in [0, 0.05) is 14.1 Å². The highest BCUT2D eigenvalue weighted by atomic mass is 16.3. The van der Waals surface area contributed by atoms with E-state index in [1.165, 1.54) is 0 Å². The molecule has 0 aromatic carbocycles. The summed E-state index contributed by atoms with van der Waals surface area (Å²) in [6, 6.07) is 0. The van der Waals surface area contributed by atoms with Gasteiger partial charge >= 0.3 is 0 Å². The van der Waals surface area contributed by atoms with Crippen LogP contribution in [0, 0.1) is 0 Å². The first-order valence-corrected chi connectivity index (χ1v) is 3.65. The summed E-state index contributed by atoms with van der Waals surface area (Å²) in [6.07, 6.45) is 2.57. The van der Waals surface area contributed by atoms with Crippen LogP contribution in [0.1, 0.15) is 11.9 Å². The van der Waals surface area contributed by atoms with Crippen LogP contribution in [0.2, 0.25) is 0 Å². The summed E-state index contributed by atoms with van der Waals surface area (Å²) >= 11 is 0. The second-order valence-electron chi connectivity index (χ2n) is 2.85. The molecule has 0 spiro atoms. The van der Waals surface area contributed by atoms with Crippen molar-refractivity contribution >= 4 is 12.2 Å². The van der Waals surface area contributed by atoms with Crippen molar-refractivity contribution in [2.24, 2.45) is 12.0 Å². The average molecular weight is 166 g/mol. The number of hydrogen-bond acceptors (Lipinski definition) is 4. The number of nitrogens with zero attached hydrogens (tertiary/aromatic N) is 4. The van der Waals surface area contributed by atoms with Crippen molar-refractivity contribution in [3.8, 4) is 0 Å². The van der Waals surface area contributed by atoms with E-state index in [0.29, 0.717) is 5.69 Å². The fourth-order valence-electron chi connectivity index (χ4n) is 1.18. The standard InChI is InChI=1S/C7H10N4O/c1-10-3-8-5-6(10)9-4-11(2)7(5)12/h3-4,7,12H,1-2H3. The number of imidazole rings is 1. The molecule has 2 rings (SSSR count). The van der Waals surface area contributed by atoms with Crippen molar-refractivity contribution in [2.45, 2.75) is 6.23 Å². The molecule has 0 saturated heterocycles. The van der Waals surface area contributed by atoms with Crippen LogP contribution in [0.25, 0.3) is 0 Å². The lowest BCUT2D eigenvalue weighted by Crippen LogP contribution is -2.25. The van der Waals surface area contributed by atoms with E-state index in [9.17, 15) is 5.11 Å². The lowest BCUT2D eigenvalue weighted by atomic mass is 10.3. The van der Waals surface area contributed by atoms with Crippen LogP contribution >= 0.6 is 0 Å². The van der Waals surface area contributed by atoms with Gasteiger partial charge in [0.1, 0.15) is 5.69 Å². The SMILES string of the molecule is CN1C=Nc2c(ncn2C)C1O. The molecule has 5 nitrogen and oxygen atoms in total. The van der Waals surface area contributed by atoms with Crippen molar-refractivity contribution in [3.05, 3.63) is 12.0 Å². The minimum absolute atomic E-state index is 0.613. The Morgan fingerprint density at radius 2 is 2.25 bits per heavy atom. The van der Waals surface area contributed by atoms with E-state index >= 15 is 0 Å². The van der Waals surface area contributed by atoms with Crippen molar-refractivity contribution < 1.29 is 5.11 Å². The summed E-state index contributed by atoms with van der Waals surface area (Å²) in [7, 11) is 3.60. The Labute approximate surface area is 70.0 Å². The van der Waals surface area contributed by atoms with E-state index in [0.717, 1.165) is 5.82 Å². The molecule has 0 bridgehead atoms. The van der Waals surface area contributed by atoms with Gasteiger partial charge in [-0.05, 0) is 0 Å². The normalized spacial score (nSPS) is 21.2. The largest absolute Gasteiger partial charge is 0.368 e. The maximum Gasteiger partial charge on any atom is 0.174 e. The average Bonchev–Trinajstić information content (AvgIpc) is 2.41. The first-order chi connectivity index (χ1) is 5.70. The molecule has 1 aliphatic heterocycles. The summed E-state index contributed by atoms with van der Waals surface area (Å²) in [4.78, 5) is 9.78. The lowest BCUT2D eigenvalue weighted by Gasteiger charge is -2.23. The Hall–Kier alpha value is -1.36. The van der Waals surface area contributed by atoms with Crippen LogP contribution in [0.3, 0.4) is 0 Å². The highest BCUT2D eigenvalue weighted by molar-refractivity contribution is 5.64. The Bertz CT molecular complexity index is 330. The number of fused-ring (bicyclic) bond motifs is 1. The zero-order chi connectivity index (χ0) is 8.72. The van der Waals surface area contributed by atoms with Crippen LogP contribution in [0.4, 0.5) is 5.82 Å². The first-order valence-electron chi connectivity index (χ1n) is 3.65. The smallest absolute Gasteiger partial charge is 0.174 e. The van der Waals surface area contributed by atoms with Gasteiger partial charge in [0.15, 0.2) is 12.0 Å². The zero-order valence-corrected chi connectivity index (χ0v) is 6.97. The molecule has 0 radical (unpaired) electrons. The van der Waals surface area contributed by atoms with Crippen LogP contribution in [-0.4, -0.2) is 32.9 Å². The first kappa shape index (κ1) is 7.30. The van der Waals surface area contributed by atoms with Gasteiger partial charge in [0.05, 0.1) is 12.7 Å². The molecule has 2 heterocycles. The van der Waals surface area contributed by atoms with Crippen LogP contribution < -0.4 is 0 Å². The van der Waals surface area contributed by atoms with Crippen LogP contribution in [-0.2, 0) is 7.05 Å². The lowest BCUT2D eigenvalue weighted by molar-refractivity contribution is 0.0671. The second kappa shape index (κ2) is 2.31. The van der Waals surface area contributed by atoms with E-state index in [1.807, 2.05) is 7.05 Å². The third kappa shape index (κ3) is 0.831. The Kier molecular flexibility index (Phi) is 1.41. The number of aryl methyl sites for hydroxylation is 1. The summed E-state index contributed by atoms with van der Waals surface area (Å²) in [6.45, 7) is 0. The molecule has 64 valence electrons. The van der Waals surface area contributed by atoms with Crippen molar-refractivity contribution in [2.75, 3.05) is 7.05 Å². The van der Waals surface area contributed by atoms with Gasteiger partial charge in [-0.15, -0.1) is 0 Å². The van der Waals surface area contributed by atoms with E-state index in [1.54, 1.807) is 29.2 Å². The van der Waals surface area contributed by atoms with Crippen molar-refractivity contribution in [1.29, 1.82) is 0 Å². The number of aliphatic hydroxyl groups is 1. The van der Waals surface area contributed by atoms with Crippen LogP contribution in [0.15, 0.2) is 11.3 Å². The maximum absolute atomic E-state index is 9.60. The molecule has 5 heteroatoms. The van der Waals surface area contributed by atoms with Gasteiger partial charge in [-0.3, -0.25) is 0 Å². The monoisotopic (exact) mass is 166 g/mol. The predicted octanol–water partition coefficient (Wildman–Crippen LogP) is 0.0162. The van der Waals surface area contributed by atoms with Gasteiger partial charge in [-0.1, -0.05) is 0 Å². The maximum atomic E-state index is 9.60. The number of aromatic nitrogens is 2. The van der Waals surface area contributed by atoms with Gasteiger partial charge < -0.3 is 14.6 Å². The molecule has 1 N–H and O–H groups in total. The van der Waals surface area contributed by atoms with E-state index < -0.39 is 6.23 Å². The van der Waals surface area contributed by atoms with Crippen molar-refractivity contribution in [1.82, 2.24) is 14.5 Å². The molecule has 1 unspecified atom stereocenters. The highest BCUT2D eigenvalue weighted by Gasteiger charge is 2.22. The van der Waals surface area contributed by atoms with E-state index in [2.05, 4.69) is 9.98 Å². The topological polar surface area (TPSA) is 53.7 Å². The molecule has 1 aromatic heterocycles. The van der Waals surface area contributed by atoms with Gasteiger partial charge in [-0.2, -0.15) is 0 Å². The number of hydrogen-bond donors (Lipinski definition) is 1. The minimum atomic E-state index is -0.668. The van der Waals surface area contributed by atoms with E-state index in [-0.39, 0.29) is 0 Å². The quantitative estimate of drug-likeness (QED) is 0.591. The zero-order valence-electron chi connectivity index (χ0n) is 6.97. The molecule has 0 aliphatic carbocycles. The Morgan fingerprint density at radius 1 is 1.50 bits per heavy atom. The summed E-state index contributed by atoms with van der Waals surface area (Å²) in [5.41, 5.74) is 0.613. The fourth-order valence-corrected chi connectivity index (χ4v) is 1.18. The molecule has 0 amide bonds. The summed E-state index contributed by atoms with van der Waals surface area (Å²) < 4.78 is 1.78. The molecule has 1 atom stereocenters. The van der Waals surface area contributed by atoms with Crippen molar-refractivity contribution in [3.63, 3.8) is 0 Å². The number of aliphatic imine (C=N–C) groups is 1. The third-order valence-corrected chi connectivity index (χ3v) is 1.93. The van der Waals surface area contributed by atoms with E-state index in [4.69, 9.17) is 0 Å². The number of rotatable bonds is 0. The third-order valence-electron chi connectivity index (χ3n) is 1.93. The highest BCUT2D eigenvalue weighted by Crippen LogP contribution is 2.27. The molecule has 1 aromatic rings. The summed E-state index contributed by atoms with van der Waals surface area (Å²) in [5.74, 6) is 0.723. The molecule has 12 heavy (non-hydrogen) atoms. The summed E-state index contributed by atoms with van der Waals surface area (Å²) in [5, 5.41) is 9.60. The Balaban J connectivity index is 2.53. The fraction of sp³-hybridized carbons (Fsp3) is 0.429. The molecule has 0 saturated carbocycles. The number of aliphatic hydroxyl groups excluding tert-OH is 1. The second-order valence-corrected chi connectivity index (χ2v) is 2.85. The van der Waals surface area contributed by atoms with Gasteiger partial charge in [0.2, 0.25) is 0 Å². The van der Waals surface area contributed by atoms with Gasteiger partial charge in [0.25, 0.3) is 0 Å². The predicted molar refractivity (Wildman–Crippen MR) is 44.1 cm³/mol. The van der Waals surface area contributed by atoms with Gasteiger partial charge in [-0.25, -0.2) is 9.98 Å².